The van der Waals surface area contributed by atoms with E-state index in [9.17, 15) is 33.9 Å². The number of phenols is 1. The maximum absolute atomic E-state index is 13.5. The summed E-state index contributed by atoms with van der Waals surface area (Å²) < 4.78 is 15.1. The van der Waals surface area contributed by atoms with E-state index in [1.54, 1.807) is 12.1 Å². The summed E-state index contributed by atoms with van der Waals surface area (Å²) >= 11 is 3.38. The lowest BCUT2D eigenvalue weighted by atomic mass is 9.57. The third kappa shape index (κ3) is 3.47. The van der Waals surface area contributed by atoms with E-state index in [1.165, 1.54) is 13.2 Å². The summed E-state index contributed by atoms with van der Waals surface area (Å²) in [6, 6.07) is 3.10. The number of carbonyl (C=O) groups excluding carboxylic acids is 6. The Hall–Kier alpha value is -3.74. The average molecular weight is 591 g/mol. The second kappa shape index (κ2) is 9.22. The van der Waals surface area contributed by atoms with Gasteiger partial charge < -0.3 is 19.3 Å². The Labute approximate surface area is 224 Å². The first kappa shape index (κ1) is 25.9. The van der Waals surface area contributed by atoms with E-state index >= 15 is 0 Å². The monoisotopic (exact) mass is 590 g/mol. The molecule has 12 nitrogen and oxygen atoms in total. The van der Waals surface area contributed by atoms with Crippen molar-refractivity contribution in [2.75, 3.05) is 21.3 Å². The van der Waals surface area contributed by atoms with Crippen molar-refractivity contribution in [3.8, 4) is 11.5 Å². The standard InChI is InChI=1S/C25H23BrN2O10/c1-36-15-7-9(26)6-13(19(15)29)16-10-4-5-11-17(22(32)27(20(11)30)24(34)37-2)12(10)8-14-18(16)23(33)28(21(14)31)25(35)38-3/h4,6-7,11-12,14,16-18,29H,5,8H2,1-3H3/t11-,12+,14+,16+,17-,18+/m0/s1. The Morgan fingerprint density at radius 1 is 0.868 bits per heavy atom. The van der Waals surface area contributed by atoms with Gasteiger partial charge >= 0.3 is 12.2 Å². The van der Waals surface area contributed by atoms with Gasteiger partial charge in [0.1, 0.15) is 0 Å². The number of benzene rings is 1. The molecule has 1 saturated carbocycles. The summed E-state index contributed by atoms with van der Waals surface area (Å²) in [7, 11) is 3.46. The lowest BCUT2D eigenvalue weighted by Gasteiger charge is -2.44. The number of hydrogen-bond donors (Lipinski definition) is 1. The van der Waals surface area contributed by atoms with E-state index in [-0.39, 0.29) is 29.9 Å². The number of carbonyl (C=O) groups is 6. The van der Waals surface area contributed by atoms with Crippen LogP contribution < -0.4 is 4.74 Å². The second-order valence-corrected chi connectivity index (χ2v) is 10.4. The smallest absolute Gasteiger partial charge is 0.423 e. The van der Waals surface area contributed by atoms with Crippen LogP contribution in [0.15, 0.2) is 28.3 Å². The fourth-order valence-corrected chi connectivity index (χ4v) is 6.92. The average Bonchev–Trinajstić information content (AvgIpc) is 3.31. The molecule has 0 spiro atoms. The van der Waals surface area contributed by atoms with Crippen LogP contribution in [0.4, 0.5) is 9.59 Å². The SMILES string of the molecule is COC(=O)N1C(=O)[C@H]2[C@H](CC=C3[C@H]2C[C@H]2C(=O)N(C(=O)OC)C(=O)[C@H]2[C@H]3c2cc(Br)cc(OC)c2O)C1=O. The van der Waals surface area contributed by atoms with Gasteiger partial charge in [-0.05, 0) is 30.9 Å². The van der Waals surface area contributed by atoms with Gasteiger partial charge in [-0.2, -0.15) is 9.80 Å². The Balaban J connectivity index is 1.69. The van der Waals surface area contributed by atoms with Crippen molar-refractivity contribution in [1.29, 1.82) is 0 Å². The topological polar surface area (TPSA) is 157 Å². The molecule has 2 aliphatic carbocycles. The van der Waals surface area contributed by atoms with Crippen molar-refractivity contribution < 1.29 is 48.1 Å². The summed E-state index contributed by atoms with van der Waals surface area (Å²) in [5.74, 6) is -8.85. The molecule has 6 amide bonds. The van der Waals surface area contributed by atoms with Crippen molar-refractivity contribution in [2.45, 2.75) is 18.8 Å². The van der Waals surface area contributed by atoms with Gasteiger partial charge in [0, 0.05) is 16.0 Å². The minimum atomic E-state index is -1.14. The van der Waals surface area contributed by atoms with Gasteiger partial charge in [0.2, 0.25) is 23.6 Å². The van der Waals surface area contributed by atoms with E-state index in [0.29, 0.717) is 19.8 Å². The Kier molecular flexibility index (Phi) is 6.28. The van der Waals surface area contributed by atoms with Crippen molar-refractivity contribution in [1.82, 2.24) is 9.80 Å². The van der Waals surface area contributed by atoms with E-state index in [4.69, 9.17) is 4.74 Å². The van der Waals surface area contributed by atoms with Crippen molar-refractivity contribution in [2.24, 2.45) is 29.6 Å². The van der Waals surface area contributed by atoms with Crippen molar-refractivity contribution in [3.63, 3.8) is 0 Å². The van der Waals surface area contributed by atoms with E-state index in [2.05, 4.69) is 25.4 Å². The summed E-state index contributed by atoms with van der Waals surface area (Å²) in [4.78, 5) is 78.9. The number of aromatic hydroxyl groups is 1. The maximum Gasteiger partial charge on any atom is 0.423 e. The number of halogens is 1. The molecule has 1 N–H and O–H groups in total. The molecular weight excluding hydrogens is 568 g/mol. The highest BCUT2D eigenvalue weighted by Crippen LogP contribution is 2.59. The van der Waals surface area contributed by atoms with Crippen LogP contribution in [-0.2, 0) is 28.7 Å². The first-order valence-corrected chi connectivity index (χ1v) is 12.5. The van der Waals surface area contributed by atoms with E-state index in [1.807, 2.05) is 0 Å². The third-order valence-electron chi connectivity index (χ3n) is 7.99. The summed E-state index contributed by atoms with van der Waals surface area (Å²) in [5, 5.41) is 11.1. The van der Waals surface area contributed by atoms with Crippen LogP contribution >= 0.6 is 15.9 Å². The number of ether oxygens (including phenoxy) is 3. The summed E-state index contributed by atoms with van der Waals surface area (Å²) in [5.41, 5.74) is 0.804. The fourth-order valence-electron chi connectivity index (χ4n) is 6.47. The van der Waals surface area contributed by atoms with E-state index in [0.717, 1.165) is 14.2 Å². The molecule has 0 bridgehead atoms. The van der Waals surface area contributed by atoms with Gasteiger partial charge in [0.15, 0.2) is 11.5 Å². The quantitative estimate of drug-likeness (QED) is 0.400. The zero-order valence-electron chi connectivity index (χ0n) is 20.5. The first-order chi connectivity index (χ1) is 18.1. The first-order valence-electron chi connectivity index (χ1n) is 11.7. The zero-order chi connectivity index (χ0) is 27.6. The van der Waals surface area contributed by atoms with Crippen LogP contribution in [0, 0.1) is 29.6 Å². The van der Waals surface area contributed by atoms with Gasteiger partial charge in [-0.3, -0.25) is 19.2 Å². The highest BCUT2D eigenvalue weighted by molar-refractivity contribution is 9.10. The van der Waals surface area contributed by atoms with Crippen LogP contribution in [-0.4, -0.2) is 72.1 Å². The van der Waals surface area contributed by atoms with Crippen molar-refractivity contribution in [3.05, 3.63) is 33.8 Å². The number of allylic oxidation sites excluding steroid dienone is 2. The lowest BCUT2D eigenvalue weighted by Crippen LogP contribution is -2.43. The Morgan fingerprint density at radius 2 is 1.45 bits per heavy atom. The molecule has 200 valence electrons. The second-order valence-electron chi connectivity index (χ2n) is 9.53. The van der Waals surface area contributed by atoms with Crippen molar-refractivity contribution >= 4 is 51.7 Å². The maximum atomic E-state index is 13.5. The molecule has 2 saturated heterocycles. The van der Waals surface area contributed by atoms with Crippen LogP contribution in [0.5, 0.6) is 11.5 Å². The van der Waals surface area contributed by atoms with Gasteiger partial charge in [0.25, 0.3) is 0 Å². The van der Waals surface area contributed by atoms with Crippen LogP contribution in [0.25, 0.3) is 0 Å². The largest absolute Gasteiger partial charge is 0.504 e. The molecule has 0 radical (unpaired) electrons. The predicted octanol–water partition coefficient (Wildman–Crippen LogP) is 2.33. The molecule has 5 rings (SSSR count). The molecular formula is C25H23BrN2O10. The molecule has 4 aliphatic rings. The fraction of sp³-hybridized carbons (Fsp3) is 0.440. The van der Waals surface area contributed by atoms with Gasteiger partial charge in [-0.15, -0.1) is 0 Å². The number of rotatable bonds is 2. The number of methoxy groups -OCH3 is 3. The van der Waals surface area contributed by atoms with Gasteiger partial charge in [-0.25, -0.2) is 9.59 Å². The number of imide groups is 6. The third-order valence-corrected chi connectivity index (χ3v) is 8.44. The molecule has 6 atom stereocenters. The molecule has 38 heavy (non-hydrogen) atoms. The molecule has 0 aromatic heterocycles. The molecule has 3 fully saturated rings. The highest BCUT2D eigenvalue weighted by atomic mass is 79.9. The van der Waals surface area contributed by atoms with Gasteiger partial charge in [-0.1, -0.05) is 27.6 Å². The number of phenolic OH excluding ortho intramolecular Hbond substituents is 1. The minimum absolute atomic E-state index is 0.0217. The number of likely N-dealkylation sites (tertiary alicyclic amines) is 2. The van der Waals surface area contributed by atoms with Crippen LogP contribution in [0.3, 0.4) is 0 Å². The molecule has 1 aromatic rings. The molecule has 13 heteroatoms. The predicted molar refractivity (Wildman–Crippen MR) is 128 cm³/mol. The number of fused-ring (bicyclic) bond motifs is 4. The number of nitrogens with zero attached hydrogens (tertiary/aromatic N) is 2. The van der Waals surface area contributed by atoms with Crippen LogP contribution in [0.1, 0.15) is 24.3 Å². The molecule has 2 aliphatic heterocycles. The Morgan fingerprint density at radius 3 is 2.03 bits per heavy atom. The summed E-state index contributed by atoms with van der Waals surface area (Å²) in [6.45, 7) is 0. The number of amides is 6. The molecule has 1 aromatic carbocycles. The molecule has 2 heterocycles. The van der Waals surface area contributed by atoms with Crippen LogP contribution in [0.2, 0.25) is 0 Å². The van der Waals surface area contributed by atoms with E-state index < -0.39 is 71.3 Å². The highest BCUT2D eigenvalue weighted by Gasteiger charge is 2.64. The molecule has 0 unspecified atom stereocenters. The number of hydrogen-bond acceptors (Lipinski definition) is 10. The Bertz CT molecular complexity index is 1340. The zero-order valence-corrected chi connectivity index (χ0v) is 22.1. The lowest BCUT2D eigenvalue weighted by molar-refractivity contribution is -0.139. The normalized spacial score (nSPS) is 29.9. The minimum Gasteiger partial charge on any atom is -0.504 e. The summed E-state index contributed by atoms with van der Waals surface area (Å²) in [6.07, 6.45) is -0.435. The van der Waals surface area contributed by atoms with Gasteiger partial charge in [0.05, 0.1) is 45.0 Å².